The zero-order chi connectivity index (χ0) is 28.4. The highest BCUT2D eigenvalue weighted by Crippen LogP contribution is 2.26. The maximum atomic E-state index is 13.6. The molecule has 0 bridgehead atoms. The summed E-state index contributed by atoms with van der Waals surface area (Å²) in [6.45, 7) is 6.29. The van der Waals surface area contributed by atoms with Crippen LogP contribution in [0, 0.1) is 11.8 Å². The van der Waals surface area contributed by atoms with Crippen molar-refractivity contribution in [3.05, 3.63) is 48.0 Å². The van der Waals surface area contributed by atoms with Crippen LogP contribution in [0.25, 0.3) is 0 Å². The highest BCUT2D eigenvalue weighted by atomic mass is 16.6. The van der Waals surface area contributed by atoms with Crippen molar-refractivity contribution < 1.29 is 33.8 Å². The van der Waals surface area contributed by atoms with Gasteiger partial charge in [-0.2, -0.15) is 0 Å². The molecule has 1 aromatic carbocycles. The van der Waals surface area contributed by atoms with Gasteiger partial charge in [0.15, 0.2) is 0 Å². The van der Waals surface area contributed by atoms with Crippen LogP contribution in [0.2, 0.25) is 0 Å². The van der Waals surface area contributed by atoms with E-state index in [2.05, 4.69) is 0 Å². The third-order valence-corrected chi connectivity index (χ3v) is 6.96. The number of hydrogen-bond acceptors (Lipinski definition) is 7. The molecule has 1 aromatic rings. The van der Waals surface area contributed by atoms with Crippen LogP contribution in [0.1, 0.15) is 64.9 Å². The lowest BCUT2D eigenvalue weighted by Crippen LogP contribution is -2.44. The Hall–Kier alpha value is -3.20. The highest BCUT2D eigenvalue weighted by molar-refractivity contribution is 5.86. The fourth-order valence-corrected chi connectivity index (χ4v) is 5.03. The van der Waals surface area contributed by atoms with E-state index in [-0.39, 0.29) is 56.9 Å². The second kappa shape index (κ2) is 14.3. The van der Waals surface area contributed by atoms with E-state index in [1.54, 1.807) is 36.6 Å². The van der Waals surface area contributed by atoms with Crippen molar-refractivity contribution in [2.75, 3.05) is 26.3 Å². The number of nitrogens with zero attached hydrogens (tertiary/aromatic N) is 2. The molecule has 9 heteroatoms. The van der Waals surface area contributed by atoms with E-state index in [1.165, 1.54) is 0 Å². The van der Waals surface area contributed by atoms with Crippen molar-refractivity contribution in [1.82, 2.24) is 9.80 Å². The zero-order valence-corrected chi connectivity index (χ0v) is 23.3. The Balaban J connectivity index is 1.76. The standard InChI is InChI=1S/C30H42N2O7/c1-30(2,3)39-27(35)19-24-13-8-7-12-23(28(36)32-15-9-14-25(32)21-38-29(24)37)18-26(34)31(16-17-33)20-22-10-5-4-6-11-22/h4-8,10-11,23-25,33H,9,12-21H2,1-3H3/b8-7+/t23-,24-,25+/m0/s1. The molecule has 0 unspecified atom stereocenters. The minimum Gasteiger partial charge on any atom is -0.463 e. The van der Waals surface area contributed by atoms with Gasteiger partial charge in [0.2, 0.25) is 11.8 Å². The zero-order valence-electron chi connectivity index (χ0n) is 23.3. The number of benzene rings is 1. The fraction of sp³-hybridized carbons (Fsp3) is 0.600. The van der Waals surface area contributed by atoms with Crippen LogP contribution in [0.5, 0.6) is 0 Å². The quantitative estimate of drug-likeness (QED) is 0.396. The van der Waals surface area contributed by atoms with Crippen LogP contribution >= 0.6 is 0 Å². The molecule has 2 aliphatic heterocycles. The van der Waals surface area contributed by atoms with Gasteiger partial charge >= 0.3 is 11.9 Å². The first kappa shape index (κ1) is 30.3. The molecule has 0 aliphatic carbocycles. The third kappa shape index (κ3) is 9.49. The summed E-state index contributed by atoms with van der Waals surface area (Å²) in [5, 5.41) is 9.57. The van der Waals surface area contributed by atoms with Gasteiger partial charge in [-0.1, -0.05) is 42.5 Å². The van der Waals surface area contributed by atoms with Crippen molar-refractivity contribution in [3.8, 4) is 0 Å². The highest BCUT2D eigenvalue weighted by Gasteiger charge is 2.36. The number of hydrogen-bond donors (Lipinski definition) is 1. The summed E-state index contributed by atoms with van der Waals surface area (Å²) in [5.41, 5.74) is 0.290. The van der Waals surface area contributed by atoms with Gasteiger partial charge in [0.25, 0.3) is 0 Å². The van der Waals surface area contributed by atoms with Gasteiger partial charge in [-0.15, -0.1) is 0 Å². The van der Waals surface area contributed by atoms with Crippen LogP contribution in [-0.2, 0) is 35.2 Å². The van der Waals surface area contributed by atoms with Gasteiger partial charge < -0.3 is 24.4 Å². The van der Waals surface area contributed by atoms with E-state index in [9.17, 15) is 24.3 Å². The van der Waals surface area contributed by atoms with Crippen LogP contribution in [0.4, 0.5) is 0 Å². The lowest BCUT2D eigenvalue weighted by atomic mass is 9.95. The number of cyclic esters (lactones) is 1. The monoisotopic (exact) mass is 542 g/mol. The molecule has 1 N–H and O–H groups in total. The second-order valence-corrected chi connectivity index (χ2v) is 11.3. The minimum absolute atomic E-state index is 0.0142. The van der Waals surface area contributed by atoms with Crippen molar-refractivity contribution >= 4 is 23.8 Å². The smallest absolute Gasteiger partial charge is 0.309 e. The molecule has 1 saturated heterocycles. The molecule has 3 atom stereocenters. The van der Waals surface area contributed by atoms with Gasteiger partial charge in [0.05, 0.1) is 30.9 Å². The molecule has 39 heavy (non-hydrogen) atoms. The molecule has 2 heterocycles. The first-order valence-corrected chi connectivity index (χ1v) is 13.8. The molecule has 3 rings (SSSR count). The molecular weight excluding hydrogens is 500 g/mol. The average Bonchev–Trinajstić information content (AvgIpc) is 3.35. The summed E-state index contributed by atoms with van der Waals surface area (Å²) in [6.07, 6.45) is 5.61. The van der Waals surface area contributed by atoms with E-state index >= 15 is 0 Å². The van der Waals surface area contributed by atoms with Crippen molar-refractivity contribution in [2.45, 2.75) is 77.5 Å². The van der Waals surface area contributed by atoms with E-state index in [4.69, 9.17) is 9.47 Å². The Labute approximate surface area is 231 Å². The first-order valence-electron chi connectivity index (χ1n) is 13.8. The Kier molecular flexibility index (Phi) is 11.1. The summed E-state index contributed by atoms with van der Waals surface area (Å²) < 4.78 is 11.0. The topological polar surface area (TPSA) is 113 Å². The van der Waals surface area contributed by atoms with Gasteiger partial charge in [-0.3, -0.25) is 19.2 Å². The summed E-state index contributed by atoms with van der Waals surface area (Å²) in [4.78, 5) is 55.6. The van der Waals surface area contributed by atoms with E-state index < -0.39 is 29.4 Å². The van der Waals surface area contributed by atoms with Crippen LogP contribution < -0.4 is 0 Å². The third-order valence-electron chi connectivity index (χ3n) is 6.96. The van der Waals surface area contributed by atoms with Crippen LogP contribution in [0.15, 0.2) is 42.5 Å². The Morgan fingerprint density at radius 2 is 1.77 bits per heavy atom. The number of allylic oxidation sites excluding steroid dienone is 2. The maximum Gasteiger partial charge on any atom is 0.309 e. The van der Waals surface area contributed by atoms with Gasteiger partial charge in [-0.05, 0) is 52.0 Å². The summed E-state index contributed by atoms with van der Waals surface area (Å²) in [7, 11) is 0. The van der Waals surface area contributed by atoms with E-state index in [0.717, 1.165) is 12.0 Å². The number of ether oxygens (including phenoxy) is 2. The minimum atomic E-state index is -0.688. The van der Waals surface area contributed by atoms with E-state index in [0.29, 0.717) is 25.9 Å². The molecular formula is C30H42N2O7. The lowest BCUT2D eigenvalue weighted by molar-refractivity contribution is -0.162. The number of esters is 2. The SMILES string of the molecule is CC(C)(C)OC(=O)C[C@@H]1C/C=C/C[C@@H](CC(=O)N(CCO)Cc2ccccc2)C(=O)N2CCC[C@@H]2COC1=O. The Bertz CT molecular complexity index is 1020. The normalized spacial score (nSPS) is 23.2. The molecule has 2 amide bonds. The molecule has 9 nitrogen and oxygen atoms in total. The number of amides is 2. The van der Waals surface area contributed by atoms with E-state index in [1.807, 2.05) is 36.4 Å². The average molecular weight is 543 g/mol. The fourth-order valence-electron chi connectivity index (χ4n) is 5.03. The molecule has 0 spiro atoms. The van der Waals surface area contributed by atoms with Crippen LogP contribution in [0.3, 0.4) is 0 Å². The van der Waals surface area contributed by atoms with Crippen molar-refractivity contribution in [2.24, 2.45) is 11.8 Å². The predicted octanol–water partition coefficient (Wildman–Crippen LogP) is 3.25. The van der Waals surface area contributed by atoms with Crippen molar-refractivity contribution in [3.63, 3.8) is 0 Å². The van der Waals surface area contributed by atoms with Gasteiger partial charge in [0, 0.05) is 26.1 Å². The number of aliphatic hydroxyl groups excluding tert-OH is 1. The van der Waals surface area contributed by atoms with Crippen LogP contribution in [-0.4, -0.2) is 76.6 Å². The number of rotatable bonds is 8. The molecule has 2 aliphatic rings. The molecule has 0 aromatic heterocycles. The summed E-state index contributed by atoms with van der Waals surface area (Å²) in [6, 6.07) is 9.28. The first-order chi connectivity index (χ1) is 18.6. The molecule has 1 fully saturated rings. The summed E-state index contributed by atoms with van der Waals surface area (Å²) in [5.74, 6) is -2.53. The number of aliphatic hydroxyl groups is 1. The van der Waals surface area contributed by atoms with Gasteiger partial charge in [-0.25, -0.2) is 0 Å². The Morgan fingerprint density at radius 1 is 1.08 bits per heavy atom. The lowest BCUT2D eigenvalue weighted by Gasteiger charge is -2.30. The maximum absolute atomic E-state index is 13.6. The Morgan fingerprint density at radius 3 is 2.44 bits per heavy atom. The number of carbonyl (C=O) groups excluding carboxylic acids is 4. The van der Waals surface area contributed by atoms with Crippen molar-refractivity contribution in [1.29, 1.82) is 0 Å². The predicted molar refractivity (Wildman–Crippen MR) is 145 cm³/mol. The molecule has 0 saturated carbocycles. The second-order valence-electron chi connectivity index (χ2n) is 11.3. The molecule has 214 valence electrons. The largest absolute Gasteiger partial charge is 0.463 e. The summed E-state index contributed by atoms with van der Waals surface area (Å²) >= 11 is 0. The van der Waals surface area contributed by atoms with Gasteiger partial charge in [0.1, 0.15) is 12.2 Å². The number of carbonyl (C=O) groups is 4. The number of fused-ring (bicyclic) bond motifs is 1. The molecule has 0 radical (unpaired) electrons.